The number of carbonyl (C=O) groups excluding carboxylic acids is 1. The van der Waals surface area contributed by atoms with Crippen molar-refractivity contribution in [3.05, 3.63) is 35.9 Å². The predicted molar refractivity (Wildman–Crippen MR) is 71.5 cm³/mol. The van der Waals surface area contributed by atoms with Crippen molar-refractivity contribution in [3.8, 4) is 0 Å². The number of amides is 1. The maximum atomic E-state index is 11.9. The number of ether oxygens (including phenoxy) is 1. The van der Waals surface area contributed by atoms with Crippen LogP contribution in [0.2, 0.25) is 0 Å². The van der Waals surface area contributed by atoms with Crippen molar-refractivity contribution >= 4 is 5.91 Å². The fourth-order valence-corrected chi connectivity index (χ4v) is 2.08. The lowest BCUT2D eigenvalue weighted by Crippen LogP contribution is -2.49. The first kappa shape index (κ1) is 14.0. The van der Waals surface area contributed by atoms with Gasteiger partial charge in [0.15, 0.2) is 0 Å². The van der Waals surface area contributed by atoms with Crippen LogP contribution in [0.3, 0.4) is 0 Å². The normalized spacial score (nSPS) is 24.1. The van der Waals surface area contributed by atoms with Crippen LogP contribution >= 0.6 is 0 Å². The number of nitrogens with two attached hydrogens (primary N) is 1. The van der Waals surface area contributed by atoms with Crippen LogP contribution in [0.25, 0.3) is 0 Å². The minimum absolute atomic E-state index is 0.189. The first-order valence-electron chi connectivity index (χ1n) is 6.46. The van der Waals surface area contributed by atoms with Crippen molar-refractivity contribution in [3.63, 3.8) is 0 Å². The molecular formula is C14H20N2O3. The van der Waals surface area contributed by atoms with Gasteiger partial charge in [-0.15, -0.1) is 0 Å². The fraction of sp³-hybridized carbons (Fsp3) is 0.500. The Labute approximate surface area is 112 Å². The van der Waals surface area contributed by atoms with Crippen LogP contribution < -0.4 is 11.1 Å². The third-order valence-corrected chi connectivity index (χ3v) is 3.31. The SMILES string of the molecule is NC(Cc1ccccc1)C(=O)NCC1(O)CCOC1. The van der Waals surface area contributed by atoms with Crippen molar-refractivity contribution < 1.29 is 14.6 Å². The van der Waals surface area contributed by atoms with Crippen molar-refractivity contribution in [1.82, 2.24) is 5.32 Å². The molecule has 1 heterocycles. The summed E-state index contributed by atoms with van der Waals surface area (Å²) in [5.41, 5.74) is 5.93. The van der Waals surface area contributed by atoms with E-state index in [0.29, 0.717) is 19.4 Å². The van der Waals surface area contributed by atoms with Gasteiger partial charge in [-0.25, -0.2) is 0 Å². The second kappa shape index (κ2) is 6.14. The Bertz CT molecular complexity index is 416. The average molecular weight is 264 g/mol. The average Bonchev–Trinajstić information content (AvgIpc) is 2.84. The van der Waals surface area contributed by atoms with Crippen LogP contribution in [0.15, 0.2) is 30.3 Å². The molecule has 104 valence electrons. The van der Waals surface area contributed by atoms with E-state index in [1.54, 1.807) is 0 Å². The molecule has 5 heteroatoms. The van der Waals surface area contributed by atoms with Crippen molar-refractivity contribution in [2.24, 2.45) is 5.73 Å². The van der Waals surface area contributed by atoms with Crippen LogP contribution in [0.4, 0.5) is 0 Å². The summed E-state index contributed by atoms with van der Waals surface area (Å²) < 4.78 is 5.12. The molecule has 1 aromatic carbocycles. The number of hydrogen-bond acceptors (Lipinski definition) is 4. The van der Waals surface area contributed by atoms with Gasteiger partial charge in [-0.1, -0.05) is 30.3 Å². The summed E-state index contributed by atoms with van der Waals surface area (Å²) in [7, 11) is 0. The summed E-state index contributed by atoms with van der Waals surface area (Å²) in [5, 5.41) is 12.7. The Balaban J connectivity index is 1.79. The predicted octanol–water partition coefficient (Wildman–Crippen LogP) is -0.176. The Morgan fingerprint density at radius 1 is 1.47 bits per heavy atom. The molecule has 1 aliphatic rings. The van der Waals surface area contributed by atoms with Gasteiger partial charge in [0.1, 0.15) is 5.60 Å². The van der Waals surface area contributed by atoms with Crippen molar-refractivity contribution in [1.29, 1.82) is 0 Å². The highest BCUT2D eigenvalue weighted by atomic mass is 16.5. The smallest absolute Gasteiger partial charge is 0.237 e. The van der Waals surface area contributed by atoms with E-state index in [2.05, 4.69) is 5.32 Å². The Morgan fingerprint density at radius 2 is 2.21 bits per heavy atom. The molecule has 5 nitrogen and oxygen atoms in total. The third-order valence-electron chi connectivity index (χ3n) is 3.31. The van der Waals surface area contributed by atoms with E-state index in [1.165, 1.54) is 0 Å². The number of benzene rings is 1. The quantitative estimate of drug-likeness (QED) is 0.689. The van der Waals surface area contributed by atoms with Gasteiger partial charge < -0.3 is 20.9 Å². The molecule has 2 atom stereocenters. The fourth-order valence-electron chi connectivity index (χ4n) is 2.08. The maximum Gasteiger partial charge on any atom is 0.237 e. The van der Waals surface area contributed by atoms with Gasteiger partial charge in [-0.2, -0.15) is 0 Å². The summed E-state index contributed by atoms with van der Waals surface area (Å²) in [5.74, 6) is -0.246. The van der Waals surface area contributed by atoms with Crippen LogP contribution in [0.5, 0.6) is 0 Å². The van der Waals surface area contributed by atoms with Gasteiger partial charge in [0.25, 0.3) is 0 Å². The van der Waals surface area contributed by atoms with Crippen LogP contribution in [-0.2, 0) is 16.0 Å². The van der Waals surface area contributed by atoms with E-state index in [1.807, 2.05) is 30.3 Å². The number of rotatable bonds is 5. The van der Waals surface area contributed by atoms with E-state index in [-0.39, 0.29) is 19.1 Å². The molecule has 0 bridgehead atoms. The van der Waals surface area contributed by atoms with Gasteiger partial charge in [0, 0.05) is 19.6 Å². The highest BCUT2D eigenvalue weighted by molar-refractivity contribution is 5.81. The summed E-state index contributed by atoms with van der Waals surface area (Å²) in [6, 6.07) is 9.02. The molecule has 0 aliphatic carbocycles. The maximum absolute atomic E-state index is 11.9. The molecular weight excluding hydrogens is 244 g/mol. The van der Waals surface area contributed by atoms with Crippen LogP contribution in [-0.4, -0.2) is 42.4 Å². The number of hydrogen-bond donors (Lipinski definition) is 3. The zero-order valence-electron chi connectivity index (χ0n) is 10.8. The zero-order valence-corrected chi connectivity index (χ0v) is 10.8. The van der Waals surface area contributed by atoms with Gasteiger partial charge in [-0.3, -0.25) is 4.79 Å². The molecule has 0 radical (unpaired) electrons. The highest BCUT2D eigenvalue weighted by Crippen LogP contribution is 2.16. The molecule has 2 rings (SSSR count). The third kappa shape index (κ3) is 4.02. The van der Waals surface area contributed by atoms with E-state index < -0.39 is 11.6 Å². The summed E-state index contributed by atoms with van der Waals surface area (Å²) in [4.78, 5) is 11.9. The second-order valence-electron chi connectivity index (χ2n) is 5.04. The first-order chi connectivity index (χ1) is 9.09. The Kier molecular flexibility index (Phi) is 4.52. The lowest BCUT2D eigenvalue weighted by Gasteiger charge is -2.22. The van der Waals surface area contributed by atoms with Crippen molar-refractivity contribution in [2.75, 3.05) is 19.8 Å². The van der Waals surface area contributed by atoms with Crippen LogP contribution in [0.1, 0.15) is 12.0 Å². The zero-order chi connectivity index (χ0) is 13.7. The lowest BCUT2D eigenvalue weighted by atomic mass is 10.0. The van der Waals surface area contributed by atoms with Gasteiger partial charge in [0.05, 0.1) is 12.6 Å². The molecule has 0 aromatic heterocycles. The molecule has 1 fully saturated rings. The molecule has 0 spiro atoms. The molecule has 2 unspecified atom stereocenters. The monoisotopic (exact) mass is 264 g/mol. The molecule has 1 saturated heterocycles. The van der Waals surface area contributed by atoms with E-state index >= 15 is 0 Å². The molecule has 1 aromatic rings. The van der Waals surface area contributed by atoms with Crippen molar-refractivity contribution in [2.45, 2.75) is 24.5 Å². The largest absolute Gasteiger partial charge is 0.386 e. The van der Waals surface area contributed by atoms with Gasteiger partial charge in [-0.05, 0) is 12.0 Å². The summed E-state index contributed by atoms with van der Waals surface area (Å²) in [6.07, 6.45) is 1.03. The summed E-state index contributed by atoms with van der Waals surface area (Å²) >= 11 is 0. The highest BCUT2D eigenvalue weighted by Gasteiger charge is 2.32. The molecule has 19 heavy (non-hydrogen) atoms. The van der Waals surface area contributed by atoms with E-state index in [9.17, 15) is 9.90 Å². The second-order valence-corrected chi connectivity index (χ2v) is 5.04. The minimum Gasteiger partial charge on any atom is -0.386 e. The number of carbonyl (C=O) groups is 1. The molecule has 1 amide bonds. The first-order valence-corrected chi connectivity index (χ1v) is 6.46. The van der Waals surface area contributed by atoms with E-state index in [4.69, 9.17) is 10.5 Å². The topological polar surface area (TPSA) is 84.6 Å². The lowest BCUT2D eigenvalue weighted by molar-refractivity contribution is -0.123. The van der Waals surface area contributed by atoms with Crippen LogP contribution in [0, 0.1) is 0 Å². The minimum atomic E-state index is -0.942. The number of nitrogens with one attached hydrogen (secondary N) is 1. The Hall–Kier alpha value is -1.43. The molecule has 4 N–H and O–H groups in total. The standard InChI is InChI=1S/C14H20N2O3/c15-12(8-11-4-2-1-3-5-11)13(17)16-9-14(18)6-7-19-10-14/h1-5,12,18H,6-10,15H2,(H,16,17). The molecule has 1 aliphatic heterocycles. The van der Waals surface area contributed by atoms with Gasteiger partial charge in [0.2, 0.25) is 5.91 Å². The summed E-state index contributed by atoms with van der Waals surface area (Å²) in [6.45, 7) is 0.984. The van der Waals surface area contributed by atoms with Gasteiger partial charge >= 0.3 is 0 Å². The van der Waals surface area contributed by atoms with E-state index in [0.717, 1.165) is 5.56 Å². The molecule has 0 saturated carbocycles. The Morgan fingerprint density at radius 3 is 2.84 bits per heavy atom. The number of aliphatic hydroxyl groups is 1.